The molecule has 1 aromatic carbocycles. The quantitative estimate of drug-likeness (QED) is 0.0356. The topological polar surface area (TPSA) is 413 Å². The molecule has 0 bridgehead atoms. The van der Waals surface area contributed by atoms with E-state index >= 15 is 0 Å². The molecule has 17 atom stereocenters. The van der Waals surface area contributed by atoms with Gasteiger partial charge in [-0.1, -0.05) is 111 Å². The fraction of sp³-hybridized carbons (Fsp3) is 0.695. The predicted octanol–water partition coefficient (Wildman–Crippen LogP) is -1.50. The second-order valence-corrected chi connectivity index (χ2v) is 23.2. The summed E-state index contributed by atoms with van der Waals surface area (Å²) in [5.74, 6) is -14.9. The van der Waals surface area contributed by atoms with Crippen LogP contribution in [0.4, 0.5) is 8.78 Å². The first-order valence-corrected chi connectivity index (χ1v) is 30.2. The summed E-state index contributed by atoms with van der Waals surface area (Å²) in [4.78, 5) is 165. The molecule has 11 amide bonds. The van der Waals surface area contributed by atoms with Crippen LogP contribution in [0.3, 0.4) is 0 Å². The maximum absolute atomic E-state index is 14.4. The number of halogens is 2. The lowest BCUT2D eigenvalue weighted by atomic mass is 9.94. The molecular weight excluding hydrogens is 1150 g/mol. The molecule has 1 heterocycles. The van der Waals surface area contributed by atoms with E-state index in [4.69, 9.17) is 10.5 Å². The summed E-state index contributed by atoms with van der Waals surface area (Å²) in [7, 11) is 1.61. The molecule has 1 saturated carbocycles. The summed E-state index contributed by atoms with van der Waals surface area (Å²) in [5.41, 5.74) is 4.61. The van der Waals surface area contributed by atoms with Gasteiger partial charge in [-0.15, -0.1) is 0 Å². The van der Waals surface area contributed by atoms with Gasteiger partial charge in [0.2, 0.25) is 71.4 Å². The Bertz CT molecular complexity index is 2590. The summed E-state index contributed by atoms with van der Waals surface area (Å²) in [5, 5.41) is 48.9. The summed E-state index contributed by atoms with van der Waals surface area (Å²) in [6, 6.07) is -5.22. The van der Waals surface area contributed by atoms with E-state index in [1.54, 1.807) is 62.4 Å². The highest BCUT2D eigenvalue weighted by molar-refractivity contribution is 6.01. The van der Waals surface area contributed by atoms with Gasteiger partial charge in [0.25, 0.3) is 0 Å². The Hall–Kier alpha value is -7.40. The largest absolute Gasteiger partial charge is 0.458 e. The highest BCUT2D eigenvalue weighted by Crippen LogP contribution is 2.48. The average Bonchev–Trinajstić information content (AvgIpc) is 1.94. The van der Waals surface area contributed by atoms with Crippen molar-refractivity contribution in [2.75, 3.05) is 20.3 Å². The number of benzene rings is 1. The van der Waals surface area contributed by atoms with Crippen molar-refractivity contribution in [1.82, 2.24) is 58.5 Å². The number of esters is 1. The van der Waals surface area contributed by atoms with Gasteiger partial charge in [0.1, 0.15) is 66.0 Å². The molecule has 1 aliphatic carbocycles. The van der Waals surface area contributed by atoms with Crippen LogP contribution in [-0.2, 0) is 68.7 Å². The minimum atomic E-state index is -2.83. The number of primary amides is 1. The number of carbonyl (C=O) groups is 12. The van der Waals surface area contributed by atoms with Gasteiger partial charge < -0.3 is 79.2 Å². The molecule has 0 radical (unpaired) electrons. The fourth-order valence-corrected chi connectivity index (χ4v) is 9.89. The van der Waals surface area contributed by atoms with E-state index in [2.05, 4.69) is 58.5 Å². The van der Waals surface area contributed by atoms with Crippen LogP contribution in [0.1, 0.15) is 133 Å². The van der Waals surface area contributed by atoms with Gasteiger partial charge in [0.05, 0.1) is 19.3 Å². The van der Waals surface area contributed by atoms with Gasteiger partial charge in [-0.05, 0) is 81.7 Å². The van der Waals surface area contributed by atoms with Gasteiger partial charge >= 0.3 is 5.97 Å². The Balaban J connectivity index is 1.84. The highest BCUT2D eigenvalue weighted by Gasteiger charge is 2.62. The van der Waals surface area contributed by atoms with Gasteiger partial charge in [-0.3, -0.25) is 52.7 Å². The van der Waals surface area contributed by atoms with E-state index in [-0.39, 0.29) is 19.3 Å². The molecule has 2 fully saturated rings. The Labute approximate surface area is 512 Å². The third-order valence-electron chi connectivity index (χ3n) is 16.7. The molecule has 1 saturated heterocycles. The van der Waals surface area contributed by atoms with E-state index in [0.717, 1.165) is 5.56 Å². The maximum Gasteiger partial charge on any atom is 0.329 e. The Morgan fingerprint density at radius 3 is 1.60 bits per heavy atom. The molecule has 1 aromatic rings. The van der Waals surface area contributed by atoms with Crippen molar-refractivity contribution < 1.29 is 81.3 Å². The van der Waals surface area contributed by atoms with Gasteiger partial charge in [0, 0.05) is 12.8 Å². The number of aliphatic hydroxyl groups is 2. The molecule has 3 rings (SSSR count). The Morgan fingerprint density at radius 1 is 0.648 bits per heavy atom. The first kappa shape index (κ1) is 74.9. The van der Waals surface area contributed by atoms with Crippen molar-refractivity contribution in [3.8, 4) is 0 Å². The number of aryl methyl sites for hydroxylation is 1. The molecule has 1 aliphatic heterocycles. The number of nitrogens with one attached hydrogen (secondary N) is 11. The van der Waals surface area contributed by atoms with Crippen LogP contribution in [0.2, 0.25) is 0 Å². The molecule has 494 valence electrons. The second-order valence-electron chi connectivity index (χ2n) is 23.2. The third-order valence-corrected chi connectivity index (χ3v) is 16.7. The zero-order chi connectivity index (χ0) is 66.3. The molecule has 0 aromatic heterocycles. The van der Waals surface area contributed by atoms with Gasteiger partial charge in [-0.25, -0.2) is 13.6 Å². The summed E-state index contributed by atoms with van der Waals surface area (Å²) >= 11 is 0. The average molecular weight is 1250 g/mol. The number of likely N-dealkylation sites (N-methyl/N-ethyl adjacent to an activating group) is 1. The lowest BCUT2D eigenvalue weighted by Crippen LogP contribution is -2.63. The minimum Gasteiger partial charge on any atom is -0.458 e. The lowest BCUT2D eigenvalue weighted by Gasteiger charge is -2.31. The monoisotopic (exact) mass is 1250 g/mol. The van der Waals surface area contributed by atoms with Gasteiger partial charge in [-0.2, -0.15) is 0 Å². The first-order chi connectivity index (χ1) is 41.5. The summed E-state index contributed by atoms with van der Waals surface area (Å²) in [6.45, 7) is 13.7. The van der Waals surface area contributed by atoms with Crippen molar-refractivity contribution in [2.24, 2.45) is 35.3 Å². The molecule has 2 aliphatic rings. The molecule has 27 nitrogen and oxygen atoms in total. The number of alkyl halides is 2. The van der Waals surface area contributed by atoms with Crippen LogP contribution >= 0.6 is 0 Å². The first-order valence-electron chi connectivity index (χ1n) is 30.2. The van der Waals surface area contributed by atoms with E-state index in [1.165, 1.54) is 13.8 Å². The number of ether oxygens (including phenoxy) is 1. The van der Waals surface area contributed by atoms with Crippen molar-refractivity contribution in [2.45, 2.75) is 212 Å². The number of hydrogen-bond acceptors (Lipinski definition) is 16. The van der Waals surface area contributed by atoms with Crippen molar-refractivity contribution in [3.05, 3.63) is 35.9 Å². The standard InChI is InChI=1S/C59H94F2N12O15/c1-12-29(5)43(68-49(78)37(63-11)22-21-35-19-17-16-18-20-35)53(82)66-39(27-74)51(80)65-38(23-24-42(62)76)50(79)69-45(31(7)14-3)55(84)70-44(30(6)13-2)54(83)67-40(28-75)52(81)71-47-34(10)88-57(86)46(32(8)15-4)72-58(87)59(26-36(59)25-41(60)61)73-48(77)33(9)64-56(47)85/h16-20,29-34,36-41,43-47,63,74-75H,12-15,21-28H2,1-11H3,(H2,62,76)(H,64,85)(H,65,80)(H,66,82)(H,67,83)(H,68,78)(H,69,79)(H,70,84)(H,71,81)(H,72,87)(H,73,77)/t29-,30-,31-,32-,33-,34-,36+,37+,38+,39-,40-,43-,44-,45+,46-,47+,59+/m0/s1. The fourth-order valence-electron chi connectivity index (χ4n) is 9.89. The minimum absolute atomic E-state index is 0.184. The van der Waals surface area contributed by atoms with Crippen molar-refractivity contribution in [1.29, 1.82) is 0 Å². The molecule has 1 spiro atoms. The van der Waals surface area contributed by atoms with Crippen molar-refractivity contribution in [3.63, 3.8) is 0 Å². The number of carbonyl (C=O) groups excluding carboxylic acids is 12. The van der Waals surface area contributed by atoms with Crippen molar-refractivity contribution >= 4 is 70.9 Å². The summed E-state index contributed by atoms with van der Waals surface area (Å²) in [6.07, 6.45) is -4.06. The van der Waals surface area contributed by atoms with E-state index in [1.807, 2.05) is 30.3 Å². The van der Waals surface area contributed by atoms with E-state index < -0.39 is 212 Å². The number of amides is 11. The summed E-state index contributed by atoms with van der Waals surface area (Å²) < 4.78 is 32.8. The molecule has 0 unspecified atom stereocenters. The van der Waals surface area contributed by atoms with Crippen LogP contribution in [0.25, 0.3) is 0 Å². The van der Waals surface area contributed by atoms with Crippen LogP contribution in [-0.4, -0.2) is 180 Å². The third kappa shape index (κ3) is 21.4. The highest BCUT2D eigenvalue weighted by atomic mass is 19.3. The van der Waals surface area contributed by atoms with E-state index in [0.29, 0.717) is 25.7 Å². The zero-order valence-electron chi connectivity index (χ0n) is 52.2. The molecule has 88 heavy (non-hydrogen) atoms. The smallest absolute Gasteiger partial charge is 0.329 e. The van der Waals surface area contributed by atoms with Gasteiger partial charge in [0.15, 0.2) is 0 Å². The SMILES string of the molecule is CC[C@H](C)[C@H](NC(=O)[C@@H](CCc1ccccc1)NC)C(=O)N[C@@H](CO)C(=O)N[C@H](CCC(N)=O)C(=O)N[C@@H](C(=O)N[C@H](C(=O)N[C@@H](CO)C(=O)N[C@H]1C(=O)N[C@@H](C)C(=O)N[C@@]2(C[C@H]2CC(F)F)C(=O)N[C@@H]([C@@H](C)CC)C(=O)O[C@H]1C)[C@@H](C)CC)[C@@H](C)CC. The number of nitrogens with two attached hydrogens (primary N) is 1. The number of aliphatic hydroxyl groups excluding tert-OH is 2. The normalized spacial score (nSPS) is 23.4. The van der Waals surface area contributed by atoms with Crippen LogP contribution < -0.4 is 64.2 Å². The Morgan fingerprint density at radius 2 is 1.12 bits per heavy atom. The number of cyclic esters (lactones) is 1. The predicted molar refractivity (Wildman–Crippen MR) is 316 cm³/mol. The van der Waals surface area contributed by atoms with Crippen LogP contribution in [0, 0.1) is 29.6 Å². The second kappa shape index (κ2) is 35.6. The van der Waals surface area contributed by atoms with E-state index in [9.17, 15) is 76.5 Å². The molecule has 29 heteroatoms. The van der Waals surface area contributed by atoms with Crippen LogP contribution in [0.5, 0.6) is 0 Å². The number of rotatable bonds is 33. The molecule has 15 N–H and O–H groups in total. The van der Waals surface area contributed by atoms with Crippen LogP contribution in [0.15, 0.2) is 30.3 Å². The number of hydrogen-bond donors (Lipinski definition) is 14. The maximum atomic E-state index is 14.4. The lowest BCUT2D eigenvalue weighted by molar-refractivity contribution is -0.157. The zero-order valence-corrected chi connectivity index (χ0v) is 52.2. The Kier molecular flexibility index (Phi) is 30.2. The molecular formula is C59H94F2N12O15.